The van der Waals surface area contributed by atoms with Crippen LogP contribution in [0.2, 0.25) is 5.02 Å². The maximum atomic E-state index is 14.2. The Bertz CT molecular complexity index is 1190. The quantitative estimate of drug-likeness (QED) is 0.577. The molecule has 0 spiro atoms. The molecule has 1 N–H and O–H groups in total. The summed E-state index contributed by atoms with van der Waals surface area (Å²) in [5.41, 5.74) is 2.94. The first-order valence-electron chi connectivity index (χ1n) is 10.3. The monoisotopic (exact) mass is 449 g/mol. The zero-order valence-electron chi connectivity index (χ0n) is 17.4. The van der Waals surface area contributed by atoms with Crippen LogP contribution < -0.4 is 5.32 Å². The summed E-state index contributed by atoms with van der Waals surface area (Å²) in [6.07, 6.45) is 0. The summed E-state index contributed by atoms with van der Waals surface area (Å²) < 4.78 is 25.6. The van der Waals surface area contributed by atoms with Crippen LogP contribution in [0, 0.1) is 5.82 Å². The molecule has 2 aliphatic rings. The van der Waals surface area contributed by atoms with Gasteiger partial charge in [-0.25, -0.2) is 14.4 Å². The van der Waals surface area contributed by atoms with E-state index in [9.17, 15) is 4.39 Å². The smallest absolute Gasteiger partial charge is 0.293 e. The highest BCUT2D eigenvalue weighted by Gasteiger charge is 2.37. The minimum atomic E-state index is -0.802. The van der Waals surface area contributed by atoms with Gasteiger partial charge < -0.3 is 9.47 Å². The van der Waals surface area contributed by atoms with Gasteiger partial charge in [-0.1, -0.05) is 66.2 Å². The summed E-state index contributed by atoms with van der Waals surface area (Å²) in [4.78, 5) is 9.14. The molecule has 0 saturated heterocycles. The number of benzene rings is 3. The van der Waals surface area contributed by atoms with Crippen LogP contribution in [0.15, 0.2) is 82.8 Å². The third kappa shape index (κ3) is 4.06. The summed E-state index contributed by atoms with van der Waals surface area (Å²) in [5, 5.41) is 3.70. The molecule has 32 heavy (non-hydrogen) atoms. The van der Waals surface area contributed by atoms with Gasteiger partial charge in [0.1, 0.15) is 30.6 Å². The van der Waals surface area contributed by atoms with E-state index in [0.717, 1.165) is 16.7 Å². The first kappa shape index (κ1) is 20.5. The summed E-state index contributed by atoms with van der Waals surface area (Å²) in [6.45, 7) is 2.49. The SMILES string of the molecule is CC1(c2ccccc2F)COC(NC2=NC(c3ccc(-c4ccc(Cl)cc4)cc3)CO2)=N1. The Balaban J connectivity index is 1.28. The Kier molecular flexibility index (Phi) is 5.31. The zero-order chi connectivity index (χ0) is 22.1. The molecule has 2 atom stereocenters. The molecule has 3 aromatic carbocycles. The highest BCUT2D eigenvalue weighted by atomic mass is 35.5. The number of hydrogen-bond acceptors (Lipinski definition) is 5. The number of rotatable bonds is 3. The van der Waals surface area contributed by atoms with Crippen LogP contribution in [0.5, 0.6) is 0 Å². The summed E-state index contributed by atoms with van der Waals surface area (Å²) >= 11 is 5.97. The molecule has 5 rings (SSSR count). The zero-order valence-corrected chi connectivity index (χ0v) is 18.1. The largest absolute Gasteiger partial charge is 0.462 e. The maximum Gasteiger partial charge on any atom is 0.293 e. The third-order valence-corrected chi connectivity index (χ3v) is 5.88. The van der Waals surface area contributed by atoms with Gasteiger partial charge in [0.05, 0.1) is 0 Å². The van der Waals surface area contributed by atoms with E-state index in [1.54, 1.807) is 18.2 Å². The van der Waals surface area contributed by atoms with Crippen molar-refractivity contribution in [3.63, 3.8) is 0 Å². The number of nitrogens with zero attached hydrogens (tertiary/aromatic N) is 2. The van der Waals surface area contributed by atoms with Gasteiger partial charge >= 0.3 is 0 Å². The first-order chi connectivity index (χ1) is 15.5. The molecule has 0 fully saturated rings. The van der Waals surface area contributed by atoms with Crippen molar-refractivity contribution in [3.05, 3.63) is 94.8 Å². The lowest BCUT2D eigenvalue weighted by molar-refractivity contribution is 0.256. The van der Waals surface area contributed by atoms with Gasteiger partial charge in [-0.15, -0.1) is 0 Å². The molecule has 2 unspecified atom stereocenters. The van der Waals surface area contributed by atoms with Gasteiger partial charge in [0, 0.05) is 10.6 Å². The molecule has 0 aromatic heterocycles. The minimum absolute atomic E-state index is 0.128. The number of halogens is 2. The molecular weight excluding hydrogens is 429 g/mol. The third-order valence-electron chi connectivity index (χ3n) is 5.63. The van der Waals surface area contributed by atoms with Crippen molar-refractivity contribution >= 4 is 23.6 Å². The standard InChI is InChI=1S/C25H21ClFN3O2/c1-25(20-4-2-3-5-21(20)27)15-32-24(30-25)29-23-28-22(14-31-23)18-8-6-16(7-9-18)17-10-12-19(26)13-11-17/h2-13,22H,14-15H2,1H3,(H,28,29,30). The van der Waals surface area contributed by atoms with Gasteiger partial charge in [0.25, 0.3) is 12.0 Å². The van der Waals surface area contributed by atoms with Crippen molar-refractivity contribution < 1.29 is 13.9 Å². The number of nitrogens with one attached hydrogen (secondary N) is 1. The number of ether oxygens (including phenoxy) is 2. The fourth-order valence-corrected chi connectivity index (χ4v) is 3.97. The maximum absolute atomic E-state index is 14.2. The van der Waals surface area contributed by atoms with E-state index in [1.165, 1.54) is 6.07 Å². The van der Waals surface area contributed by atoms with Gasteiger partial charge in [-0.2, -0.15) is 0 Å². The first-order valence-corrected chi connectivity index (χ1v) is 10.7. The Hall–Kier alpha value is -3.38. The highest BCUT2D eigenvalue weighted by Crippen LogP contribution is 2.32. The Morgan fingerprint density at radius 2 is 1.62 bits per heavy atom. The second-order valence-electron chi connectivity index (χ2n) is 7.97. The molecule has 0 bridgehead atoms. The number of aliphatic imine (C=N–C) groups is 2. The van der Waals surface area contributed by atoms with Crippen LogP contribution in [-0.2, 0) is 15.0 Å². The summed E-state index contributed by atoms with van der Waals surface area (Å²) in [7, 11) is 0. The van der Waals surface area contributed by atoms with Crippen LogP contribution in [0.3, 0.4) is 0 Å². The second kappa shape index (κ2) is 8.28. The molecule has 3 aromatic rings. The van der Waals surface area contributed by atoms with Crippen molar-refractivity contribution in [2.24, 2.45) is 9.98 Å². The van der Waals surface area contributed by atoms with Crippen LogP contribution in [0.25, 0.3) is 11.1 Å². The molecule has 0 amide bonds. The molecule has 0 radical (unpaired) electrons. The van der Waals surface area contributed by atoms with Crippen LogP contribution in [0.1, 0.15) is 24.1 Å². The lowest BCUT2D eigenvalue weighted by atomic mass is 9.94. The normalized spacial score (nSPS) is 22.0. The molecule has 0 saturated carbocycles. The van der Waals surface area contributed by atoms with E-state index in [1.807, 2.05) is 43.3 Å². The predicted molar refractivity (Wildman–Crippen MR) is 123 cm³/mol. The topological polar surface area (TPSA) is 55.2 Å². The molecule has 2 aliphatic heterocycles. The van der Waals surface area contributed by atoms with Crippen LogP contribution in [-0.4, -0.2) is 25.3 Å². The molecule has 7 heteroatoms. The molecule has 162 valence electrons. The van der Waals surface area contributed by atoms with E-state index in [2.05, 4.69) is 27.4 Å². The van der Waals surface area contributed by atoms with Gasteiger partial charge in [0.15, 0.2) is 0 Å². The fraction of sp³-hybridized carbons (Fsp3) is 0.200. The van der Waals surface area contributed by atoms with Gasteiger partial charge in [-0.05, 0) is 41.8 Å². The van der Waals surface area contributed by atoms with Crippen molar-refractivity contribution in [1.29, 1.82) is 0 Å². The van der Waals surface area contributed by atoms with E-state index in [0.29, 0.717) is 23.2 Å². The lowest BCUT2D eigenvalue weighted by Crippen LogP contribution is -2.30. The number of hydrogen-bond donors (Lipinski definition) is 1. The Morgan fingerprint density at radius 3 is 2.34 bits per heavy atom. The predicted octanol–water partition coefficient (Wildman–Crippen LogP) is 5.46. The van der Waals surface area contributed by atoms with Crippen molar-refractivity contribution in [1.82, 2.24) is 5.32 Å². The van der Waals surface area contributed by atoms with Gasteiger partial charge in [0.2, 0.25) is 0 Å². The van der Waals surface area contributed by atoms with Crippen LogP contribution in [0.4, 0.5) is 4.39 Å². The Labute approximate surface area is 190 Å². The number of amidine groups is 2. The van der Waals surface area contributed by atoms with E-state index in [4.69, 9.17) is 21.1 Å². The van der Waals surface area contributed by atoms with Crippen LogP contribution >= 0.6 is 11.6 Å². The molecule has 0 aliphatic carbocycles. The average molecular weight is 450 g/mol. The fourth-order valence-electron chi connectivity index (χ4n) is 3.84. The average Bonchev–Trinajstić information content (AvgIpc) is 3.42. The molecule has 2 heterocycles. The van der Waals surface area contributed by atoms with E-state index in [-0.39, 0.29) is 24.5 Å². The van der Waals surface area contributed by atoms with Crippen molar-refractivity contribution in [3.8, 4) is 11.1 Å². The van der Waals surface area contributed by atoms with Crippen molar-refractivity contribution in [2.75, 3.05) is 13.2 Å². The molecular formula is C25H21ClFN3O2. The van der Waals surface area contributed by atoms with Gasteiger partial charge in [-0.3, -0.25) is 5.32 Å². The summed E-state index contributed by atoms with van der Waals surface area (Å²) in [6, 6.07) is 23.0. The van der Waals surface area contributed by atoms with E-state index >= 15 is 0 Å². The summed E-state index contributed by atoms with van der Waals surface area (Å²) in [5.74, 6) is -0.305. The van der Waals surface area contributed by atoms with E-state index < -0.39 is 5.54 Å². The molecule has 5 nitrogen and oxygen atoms in total. The van der Waals surface area contributed by atoms with Crippen molar-refractivity contribution in [2.45, 2.75) is 18.5 Å². The second-order valence-corrected chi connectivity index (χ2v) is 8.41. The highest BCUT2D eigenvalue weighted by molar-refractivity contribution is 6.30. The minimum Gasteiger partial charge on any atom is -0.462 e. The lowest BCUT2D eigenvalue weighted by Gasteiger charge is -2.18. The Morgan fingerprint density at radius 1 is 0.938 bits per heavy atom.